The van der Waals surface area contributed by atoms with Crippen LogP contribution in [0.1, 0.15) is 33.1 Å². The Morgan fingerprint density at radius 2 is 1.87 bits per heavy atom. The molecule has 1 unspecified atom stereocenters. The SMILES string of the molecule is CCN(CC)C(=O)CN1CCCN(C(=O)C2CCCNC2)CC1. The summed E-state index contributed by atoms with van der Waals surface area (Å²) < 4.78 is 0. The van der Waals surface area contributed by atoms with Gasteiger partial charge in [-0.25, -0.2) is 0 Å². The molecule has 2 aliphatic rings. The van der Waals surface area contributed by atoms with Crippen molar-refractivity contribution in [1.29, 1.82) is 0 Å². The van der Waals surface area contributed by atoms with Crippen molar-refractivity contribution in [1.82, 2.24) is 20.0 Å². The fourth-order valence-corrected chi connectivity index (χ4v) is 3.54. The molecule has 0 aliphatic carbocycles. The minimum absolute atomic E-state index is 0.146. The van der Waals surface area contributed by atoms with Crippen LogP contribution in [-0.2, 0) is 9.59 Å². The van der Waals surface area contributed by atoms with Crippen molar-refractivity contribution < 1.29 is 9.59 Å². The number of hydrogen-bond acceptors (Lipinski definition) is 4. The second kappa shape index (κ2) is 9.23. The monoisotopic (exact) mass is 324 g/mol. The van der Waals surface area contributed by atoms with E-state index >= 15 is 0 Å². The van der Waals surface area contributed by atoms with Crippen LogP contribution >= 0.6 is 0 Å². The number of nitrogens with zero attached hydrogens (tertiary/aromatic N) is 3. The topological polar surface area (TPSA) is 55.9 Å². The summed E-state index contributed by atoms with van der Waals surface area (Å²) in [6.07, 6.45) is 3.05. The van der Waals surface area contributed by atoms with Crippen LogP contribution in [0.4, 0.5) is 0 Å². The maximum absolute atomic E-state index is 12.6. The standard InChI is InChI=1S/C17H32N4O2/c1-3-20(4-2)16(22)14-19-9-6-10-21(12-11-19)17(23)15-7-5-8-18-13-15/h15,18H,3-14H2,1-2H3. The third-order valence-electron chi connectivity index (χ3n) is 5.02. The summed E-state index contributed by atoms with van der Waals surface area (Å²) in [5.41, 5.74) is 0. The Bertz CT molecular complexity index is 392. The van der Waals surface area contributed by atoms with E-state index in [1.807, 2.05) is 23.6 Å². The highest BCUT2D eigenvalue weighted by Crippen LogP contribution is 2.15. The fourth-order valence-electron chi connectivity index (χ4n) is 3.54. The lowest BCUT2D eigenvalue weighted by atomic mass is 9.98. The van der Waals surface area contributed by atoms with E-state index in [-0.39, 0.29) is 11.8 Å². The van der Waals surface area contributed by atoms with Gasteiger partial charge < -0.3 is 15.1 Å². The minimum atomic E-state index is 0.146. The van der Waals surface area contributed by atoms with Gasteiger partial charge in [0.05, 0.1) is 12.5 Å². The van der Waals surface area contributed by atoms with Gasteiger partial charge in [0.25, 0.3) is 0 Å². The zero-order chi connectivity index (χ0) is 16.7. The first-order valence-electron chi connectivity index (χ1n) is 9.15. The molecule has 0 bridgehead atoms. The van der Waals surface area contributed by atoms with Gasteiger partial charge in [-0.15, -0.1) is 0 Å². The molecule has 2 aliphatic heterocycles. The van der Waals surface area contributed by atoms with E-state index in [0.29, 0.717) is 12.5 Å². The lowest BCUT2D eigenvalue weighted by Crippen LogP contribution is -2.45. The summed E-state index contributed by atoms with van der Waals surface area (Å²) in [7, 11) is 0. The van der Waals surface area contributed by atoms with Crippen molar-refractivity contribution in [3.63, 3.8) is 0 Å². The molecule has 2 saturated heterocycles. The third kappa shape index (κ3) is 5.18. The van der Waals surface area contributed by atoms with Crippen LogP contribution in [0.3, 0.4) is 0 Å². The van der Waals surface area contributed by atoms with Gasteiger partial charge >= 0.3 is 0 Å². The lowest BCUT2D eigenvalue weighted by Gasteiger charge is -2.29. The van der Waals surface area contributed by atoms with Crippen molar-refractivity contribution in [3.05, 3.63) is 0 Å². The van der Waals surface area contributed by atoms with Crippen molar-refractivity contribution in [2.24, 2.45) is 5.92 Å². The predicted octanol–water partition coefficient (Wildman–Crippen LogP) is 0.389. The van der Waals surface area contributed by atoms with Crippen LogP contribution in [0.2, 0.25) is 0 Å². The van der Waals surface area contributed by atoms with Crippen LogP contribution in [-0.4, -0.2) is 85.4 Å². The highest BCUT2D eigenvalue weighted by Gasteiger charge is 2.27. The minimum Gasteiger partial charge on any atom is -0.342 e. The molecule has 0 spiro atoms. The summed E-state index contributed by atoms with van der Waals surface area (Å²) in [5, 5.41) is 3.32. The Morgan fingerprint density at radius 1 is 1.09 bits per heavy atom. The molecule has 0 radical (unpaired) electrons. The first-order chi connectivity index (χ1) is 11.2. The number of rotatable bonds is 5. The average Bonchev–Trinajstić information content (AvgIpc) is 2.82. The van der Waals surface area contributed by atoms with Crippen LogP contribution in [0, 0.1) is 5.92 Å². The summed E-state index contributed by atoms with van der Waals surface area (Å²) in [4.78, 5) is 31.0. The molecule has 23 heavy (non-hydrogen) atoms. The number of carbonyl (C=O) groups excluding carboxylic acids is 2. The largest absolute Gasteiger partial charge is 0.342 e. The highest BCUT2D eigenvalue weighted by atomic mass is 16.2. The molecule has 0 aromatic rings. The van der Waals surface area contributed by atoms with Gasteiger partial charge in [0.15, 0.2) is 0 Å². The first kappa shape index (κ1) is 18.2. The molecule has 2 fully saturated rings. The normalized spacial score (nSPS) is 23.4. The smallest absolute Gasteiger partial charge is 0.236 e. The summed E-state index contributed by atoms with van der Waals surface area (Å²) in [6, 6.07) is 0. The van der Waals surface area contributed by atoms with E-state index in [9.17, 15) is 9.59 Å². The van der Waals surface area contributed by atoms with Crippen molar-refractivity contribution >= 4 is 11.8 Å². The number of likely N-dealkylation sites (N-methyl/N-ethyl adjacent to an activating group) is 1. The molecule has 2 rings (SSSR count). The number of carbonyl (C=O) groups is 2. The Kier molecular flexibility index (Phi) is 7.30. The Morgan fingerprint density at radius 3 is 2.52 bits per heavy atom. The van der Waals surface area contributed by atoms with Crippen molar-refractivity contribution in [2.75, 3.05) is 58.9 Å². The average molecular weight is 324 g/mol. The lowest BCUT2D eigenvalue weighted by molar-refractivity contribution is -0.135. The Hall–Kier alpha value is -1.14. The maximum Gasteiger partial charge on any atom is 0.236 e. The first-order valence-corrected chi connectivity index (χ1v) is 9.15. The van der Waals surface area contributed by atoms with Crippen LogP contribution < -0.4 is 5.32 Å². The van der Waals surface area contributed by atoms with Crippen LogP contribution in [0.25, 0.3) is 0 Å². The third-order valence-corrected chi connectivity index (χ3v) is 5.02. The summed E-state index contributed by atoms with van der Waals surface area (Å²) in [5.74, 6) is 0.646. The molecular formula is C17H32N4O2. The summed E-state index contributed by atoms with van der Waals surface area (Å²) in [6.45, 7) is 11.2. The molecule has 6 heteroatoms. The van der Waals surface area contributed by atoms with E-state index < -0.39 is 0 Å². The molecule has 1 N–H and O–H groups in total. The molecular weight excluding hydrogens is 292 g/mol. The number of nitrogens with one attached hydrogen (secondary N) is 1. The molecule has 0 aromatic heterocycles. The van der Waals surface area contributed by atoms with Gasteiger partial charge in [-0.1, -0.05) is 0 Å². The Balaban J connectivity index is 1.82. The second-order valence-corrected chi connectivity index (χ2v) is 6.56. The molecule has 1 atom stereocenters. The van der Waals surface area contributed by atoms with Gasteiger partial charge in [0.2, 0.25) is 11.8 Å². The van der Waals surface area contributed by atoms with Gasteiger partial charge in [-0.05, 0) is 39.7 Å². The van der Waals surface area contributed by atoms with Gasteiger partial charge in [-0.3, -0.25) is 14.5 Å². The highest BCUT2D eigenvalue weighted by molar-refractivity contribution is 5.79. The van der Waals surface area contributed by atoms with E-state index in [1.54, 1.807) is 0 Å². The maximum atomic E-state index is 12.6. The second-order valence-electron chi connectivity index (χ2n) is 6.56. The van der Waals surface area contributed by atoms with Crippen LogP contribution in [0.15, 0.2) is 0 Å². The van der Waals surface area contributed by atoms with E-state index in [2.05, 4.69) is 10.2 Å². The molecule has 0 saturated carbocycles. The van der Waals surface area contributed by atoms with E-state index in [1.165, 1.54) is 0 Å². The zero-order valence-electron chi connectivity index (χ0n) is 14.7. The van der Waals surface area contributed by atoms with Gasteiger partial charge in [0.1, 0.15) is 0 Å². The van der Waals surface area contributed by atoms with E-state index in [4.69, 9.17) is 0 Å². The van der Waals surface area contributed by atoms with Crippen molar-refractivity contribution in [2.45, 2.75) is 33.1 Å². The van der Waals surface area contributed by atoms with Crippen molar-refractivity contribution in [3.8, 4) is 0 Å². The van der Waals surface area contributed by atoms with Gasteiger partial charge in [0, 0.05) is 45.8 Å². The molecule has 0 aromatic carbocycles. The fraction of sp³-hybridized carbons (Fsp3) is 0.882. The molecule has 2 amide bonds. The molecule has 2 heterocycles. The van der Waals surface area contributed by atoms with Gasteiger partial charge in [-0.2, -0.15) is 0 Å². The zero-order valence-corrected chi connectivity index (χ0v) is 14.7. The quantitative estimate of drug-likeness (QED) is 0.795. The number of amides is 2. The number of piperidine rings is 1. The van der Waals surface area contributed by atoms with E-state index in [0.717, 1.165) is 71.6 Å². The Labute approximate surface area is 140 Å². The molecule has 6 nitrogen and oxygen atoms in total. The number of hydrogen-bond donors (Lipinski definition) is 1. The summed E-state index contributed by atoms with van der Waals surface area (Å²) >= 11 is 0. The van der Waals surface area contributed by atoms with Crippen LogP contribution in [0.5, 0.6) is 0 Å². The predicted molar refractivity (Wildman–Crippen MR) is 91.2 cm³/mol. The molecule has 132 valence electrons.